The Morgan fingerprint density at radius 3 is 2.74 bits per heavy atom. The summed E-state index contributed by atoms with van der Waals surface area (Å²) in [6, 6.07) is 4.45. The second-order valence-electron chi connectivity index (χ2n) is 4.54. The molecule has 2 rings (SSSR count). The second kappa shape index (κ2) is 4.72. The van der Waals surface area contributed by atoms with Gasteiger partial charge in [0, 0.05) is 16.9 Å². The molecule has 1 heterocycles. The molecule has 0 bridgehead atoms. The normalized spacial score (nSPS) is 19.3. The van der Waals surface area contributed by atoms with Gasteiger partial charge in [-0.1, -0.05) is 0 Å². The molecule has 1 saturated heterocycles. The Morgan fingerprint density at radius 2 is 2.11 bits per heavy atom. The summed E-state index contributed by atoms with van der Waals surface area (Å²) in [6.45, 7) is 3.20. The van der Waals surface area contributed by atoms with E-state index in [2.05, 4.69) is 5.32 Å². The van der Waals surface area contributed by atoms with Crippen LogP contribution in [0.1, 0.15) is 24.2 Å². The lowest BCUT2D eigenvalue weighted by atomic mass is 10.1. The fourth-order valence-corrected chi connectivity index (χ4v) is 2.06. The Hall–Kier alpha value is -2.37. The summed E-state index contributed by atoms with van der Waals surface area (Å²) in [5, 5.41) is 2.27. The van der Waals surface area contributed by atoms with Crippen molar-refractivity contribution in [3.63, 3.8) is 0 Å². The number of hydrogen-bond donors (Lipinski definition) is 2. The lowest BCUT2D eigenvalue weighted by molar-refractivity contribution is -0.132. The third-order valence-corrected chi connectivity index (χ3v) is 3.17. The number of imide groups is 1. The molecule has 3 N–H and O–H groups in total. The molecule has 0 saturated carbocycles. The quantitative estimate of drug-likeness (QED) is 0.454. The van der Waals surface area contributed by atoms with E-state index in [1.807, 2.05) is 0 Å². The van der Waals surface area contributed by atoms with Crippen molar-refractivity contribution >= 4 is 29.0 Å². The highest BCUT2D eigenvalue weighted by molar-refractivity contribution is 6.05. The third-order valence-electron chi connectivity index (χ3n) is 3.17. The van der Waals surface area contributed by atoms with Crippen LogP contribution < -0.4 is 16.0 Å². The fraction of sp³-hybridized carbons (Fsp3) is 0.308. The van der Waals surface area contributed by atoms with Gasteiger partial charge < -0.3 is 10.6 Å². The van der Waals surface area contributed by atoms with Crippen LogP contribution in [0.15, 0.2) is 18.2 Å². The van der Waals surface area contributed by atoms with E-state index in [0.717, 1.165) is 0 Å². The number of nitrogens with one attached hydrogen (secondary N) is 1. The van der Waals surface area contributed by atoms with E-state index in [1.54, 1.807) is 30.0 Å². The number of benzene rings is 1. The average Bonchev–Trinajstić information content (AvgIpc) is 2.34. The van der Waals surface area contributed by atoms with Gasteiger partial charge in [0.1, 0.15) is 6.04 Å². The van der Waals surface area contributed by atoms with Gasteiger partial charge in [-0.2, -0.15) is 0 Å². The van der Waals surface area contributed by atoms with E-state index in [4.69, 9.17) is 5.73 Å². The van der Waals surface area contributed by atoms with Gasteiger partial charge in [0.2, 0.25) is 11.8 Å². The molecular weight excluding hydrogens is 246 g/mol. The molecule has 1 fully saturated rings. The Labute approximate surface area is 110 Å². The molecule has 1 aliphatic rings. The van der Waals surface area contributed by atoms with Crippen LogP contribution in [-0.2, 0) is 9.59 Å². The van der Waals surface area contributed by atoms with Crippen molar-refractivity contribution in [2.24, 2.45) is 0 Å². The van der Waals surface area contributed by atoms with E-state index < -0.39 is 6.04 Å². The Balaban J connectivity index is 2.40. The van der Waals surface area contributed by atoms with E-state index in [-0.39, 0.29) is 24.1 Å². The lowest BCUT2D eigenvalue weighted by Crippen LogP contribution is -2.57. The van der Waals surface area contributed by atoms with E-state index in [9.17, 15) is 14.4 Å². The van der Waals surface area contributed by atoms with Crippen LogP contribution in [0.2, 0.25) is 0 Å². The molecule has 0 aliphatic carbocycles. The highest BCUT2D eigenvalue weighted by atomic mass is 16.2. The minimum Gasteiger partial charge on any atom is -0.398 e. The molecule has 19 heavy (non-hydrogen) atoms. The van der Waals surface area contributed by atoms with E-state index in [1.165, 1.54) is 6.92 Å². The minimum absolute atomic E-state index is 0.0775. The van der Waals surface area contributed by atoms with Gasteiger partial charge in [0.15, 0.2) is 5.78 Å². The van der Waals surface area contributed by atoms with E-state index in [0.29, 0.717) is 16.9 Å². The number of nitrogens with two attached hydrogens (primary N) is 1. The molecule has 0 aromatic heterocycles. The fourth-order valence-electron chi connectivity index (χ4n) is 2.06. The van der Waals surface area contributed by atoms with E-state index >= 15 is 0 Å². The van der Waals surface area contributed by atoms with Crippen molar-refractivity contribution in [2.75, 3.05) is 17.2 Å². The van der Waals surface area contributed by atoms with Gasteiger partial charge in [-0.15, -0.1) is 0 Å². The van der Waals surface area contributed by atoms with Crippen molar-refractivity contribution in [2.45, 2.75) is 19.9 Å². The molecule has 6 heteroatoms. The number of anilines is 2. The molecule has 0 spiro atoms. The van der Waals surface area contributed by atoms with Crippen LogP contribution >= 0.6 is 0 Å². The number of rotatable bonds is 2. The predicted octanol–water partition coefficient (Wildman–Crippen LogP) is 0.323. The van der Waals surface area contributed by atoms with Gasteiger partial charge in [-0.25, -0.2) is 0 Å². The standard InChI is InChI=1S/C13H15N3O3/c1-7-13(19)15-12(18)6-16(7)9-3-4-11(14)10(5-9)8(2)17/h3-5,7H,6,14H2,1-2H3,(H,15,18,19). The largest absolute Gasteiger partial charge is 0.398 e. The van der Waals surface area contributed by atoms with Gasteiger partial charge >= 0.3 is 0 Å². The molecular formula is C13H15N3O3. The van der Waals surface area contributed by atoms with Crippen molar-refractivity contribution in [1.82, 2.24) is 5.32 Å². The van der Waals surface area contributed by atoms with Crippen molar-refractivity contribution < 1.29 is 14.4 Å². The number of carbonyl (C=O) groups is 3. The van der Waals surface area contributed by atoms with Crippen LogP contribution in [-0.4, -0.2) is 30.2 Å². The number of nitrogens with zero attached hydrogens (tertiary/aromatic N) is 1. The minimum atomic E-state index is -0.471. The topological polar surface area (TPSA) is 92.5 Å². The van der Waals surface area contributed by atoms with Crippen molar-refractivity contribution in [1.29, 1.82) is 0 Å². The number of amides is 2. The van der Waals surface area contributed by atoms with Crippen LogP contribution in [0.25, 0.3) is 0 Å². The number of hydrogen-bond acceptors (Lipinski definition) is 5. The van der Waals surface area contributed by atoms with Gasteiger partial charge in [0.05, 0.1) is 6.54 Å². The summed E-state index contributed by atoms with van der Waals surface area (Å²) in [5.74, 6) is -0.860. The zero-order valence-electron chi connectivity index (χ0n) is 10.8. The van der Waals surface area contributed by atoms with Gasteiger partial charge in [-0.05, 0) is 32.0 Å². The molecule has 2 amide bonds. The summed E-state index contributed by atoms with van der Waals surface area (Å²) in [5.41, 5.74) is 7.14. The number of Topliss-reactive ketones (excluding diaryl/α,β-unsaturated/α-hetero) is 1. The number of carbonyl (C=O) groups excluding carboxylic acids is 3. The molecule has 1 aliphatic heterocycles. The van der Waals surface area contributed by atoms with Gasteiger partial charge in [-0.3, -0.25) is 19.7 Å². The highest BCUT2D eigenvalue weighted by Gasteiger charge is 2.30. The highest BCUT2D eigenvalue weighted by Crippen LogP contribution is 2.24. The number of piperazine rings is 1. The van der Waals surface area contributed by atoms with Crippen molar-refractivity contribution in [3.8, 4) is 0 Å². The summed E-state index contributed by atoms with van der Waals surface area (Å²) >= 11 is 0. The Bertz CT molecular complexity index is 568. The van der Waals surface area contributed by atoms with Crippen molar-refractivity contribution in [3.05, 3.63) is 23.8 Å². The predicted molar refractivity (Wildman–Crippen MR) is 70.8 cm³/mol. The van der Waals surface area contributed by atoms with Crippen LogP contribution in [0.5, 0.6) is 0 Å². The molecule has 1 aromatic rings. The van der Waals surface area contributed by atoms with Crippen LogP contribution in [0.4, 0.5) is 11.4 Å². The average molecular weight is 261 g/mol. The number of nitrogen functional groups attached to an aromatic ring is 1. The first kappa shape index (κ1) is 13.1. The van der Waals surface area contributed by atoms with Crippen LogP contribution in [0.3, 0.4) is 0 Å². The smallest absolute Gasteiger partial charge is 0.249 e. The number of ketones is 1. The maximum Gasteiger partial charge on any atom is 0.249 e. The SMILES string of the molecule is CC(=O)c1cc(N2CC(=O)NC(=O)C2C)ccc1N. The molecule has 6 nitrogen and oxygen atoms in total. The maximum atomic E-state index is 11.6. The first-order valence-corrected chi connectivity index (χ1v) is 5.91. The summed E-state index contributed by atoms with van der Waals surface area (Å²) < 4.78 is 0. The summed E-state index contributed by atoms with van der Waals surface area (Å²) in [7, 11) is 0. The summed E-state index contributed by atoms with van der Waals surface area (Å²) in [6.07, 6.45) is 0. The molecule has 1 aromatic carbocycles. The third kappa shape index (κ3) is 2.42. The molecule has 1 unspecified atom stereocenters. The maximum absolute atomic E-state index is 11.6. The van der Waals surface area contributed by atoms with Gasteiger partial charge in [0.25, 0.3) is 0 Å². The molecule has 100 valence electrons. The summed E-state index contributed by atoms with van der Waals surface area (Å²) in [4.78, 5) is 36.1. The Morgan fingerprint density at radius 1 is 1.42 bits per heavy atom. The zero-order valence-corrected chi connectivity index (χ0v) is 10.8. The molecule has 0 radical (unpaired) electrons. The Kier molecular flexibility index (Phi) is 3.25. The lowest BCUT2D eigenvalue weighted by Gasteiger charge is -2.33. The van der Waals surface area contributed by atoms with Crippen LogP contribution in [0, 0.1) is 0 Å². The molecule has 1 atom stereocenters. The first-order chi connectivity index (χ1) is 8.90. The monoisotopic (exact) mass is 261 g/mol. The first-order valence-electron chi connectivity index (χ1n) is 5.91. The zero-order chi connectivity index (χ0) is 14.2. The second-order valence-corrected chi connectivity index (χ2v) is 4.54.